The van der Waals surface area contributed by atoms with Crippen LogP contribution < -0.4 is 15.2 Å². The van der Waals surface area contributed by atoms with Gasteiger partial charge >= 0.3 is 0 Å². The van der Waals surface area contributed by atoms with Crippen molar-refractivity contribution >= 4 is 10.8 Å². The Morgan fingerprint density at radius 2 is 2.00 bits per heavy atom. The van der Waals surface area contributed by atoms with Gasteiger partial charge in [0.1, 0.15) is 17.4 Å². The molecule has 27 heavy (non-hydrogen) atoms. The van der Waals surface area contributed by atoms with Gasteiger partial charge in [-0.05, 0) is 41.5 Å². The molecule has 0 amide bonds. The molecule has 0 fully saturated rings. The molecule has 0 unspecified atom stereocenters. The number of nitrogens with two attached hydrogens (primary N) is 1. The molecule has 0 saturated heterocycles. The van der Waals surface area contributed by atoms with Gasteiger partial charge < -0.3 is 20.3 Å². The predicted octanol–water partition coefficient (Wildman–Crippen LogP) is 4.16. The first-order valence-electron chi connectivity index (χ1n) is 8.69. The van der Waals surface area contributed by atoms with Gasteiger partial charge in [-0.1, -0.05) is 36.4 Å². The molecule has 0 saturated carbocycles. The number of hydrogen-bond donors (Lipinski definition) is 2. The van der Waals surface area contributed by atoms with Crippen LogP contribution >= 0.6 is 0 Å². The summed E-state index contributed by atoms with van der Waals surface area (Å²) in [6.07, 6.45) is 0. The summed E-state index contributed by atoms with van der Waals surface area (Å²) < 4.78 is 11.3. The Balaban J connectivity index is 2.01. The van der Waals surface area contributed by atoms with E-state index in [1.54, 1.807) is 18.2 Å². The van der Waals surface area contributed by atoms with Crippen LogP contribution in [0.2, 0.25) is 0 Å². The summed E-state index contributed by atoms with van der Waals surface area (Å²) in [7, 11) is 0. The Labute approximate surface area is 156 Å². The lowest BCUT2D eigenvalue weighted by molar-refractivity contribution is 0.317. The lowest BCUT2D eigenvalue weighted by Crippen LogP contribution is -2.21. The van der Waals surface area contributed by atoms with Gasteiger partial charge in [-0.2, -0.15) is 5.26 Å². The highest BCUT2D eigenvalue weighted by Crippen LogP contribution is 2.46. The van der Waals surface area contributed by atoms with Gasteiger partial charge in [0, 0.05) is 5.56 Å². The zero-order valence-corrected chi connectivity index (χ0v) is 14.8. The van der Waals surface area contributed by atoms with Crippen LogP contribution in [0, 0.1) is 11.3 Å². The lowest BCUT2D eigenvalue weighted by Gasteiger charge is -2.28. The first-order valence-corrected chi connectivity index (χ1v) is 8.69. The summed E-state index contributed by atoms with van der Waals surface area (Å²) in [5.74, 6) is 0.739. The van der Waals surface area contributed by atoms with Gasteiger partial charge in [-0.25, -0.2) is 0 Å². The molecule has 134 valence electrons. The van der Waals surface area contributed by atoms with E-state index in [-0.39, 0.29) is 11.6 Å². The Bertz CT molecular complexity index is 1110. The first-order chi connectivity index (χ1) is 13.1. The van der Waals surface area contributed by atoms with Crippen LogP contribution in [0.15, 0.2) is 66.1 Å². The van der Waals surface area contributed by atoms with Gasteiger partial charge in [-0.3, -0.25) is 0 Å². The molecule has 5 nitrogen and oxygen atoms in total. The van der Waals surface area contributed by atoms with Gasteiger partial charge in [0.2, 0.25) is 5.88 Å². The minimum Gasteiger partial charge on any atom is -0.504 e. The third-order valence-electron chi connectivity index (χ3n) is 4.73. The second-order valence-electron chi connectivity index (χ2n) is 6.28. The quantitative estimate of drug-likeness (QED) is 0.734. The fraction of sp³-hybridized carbons (Fsp3) is 0.136. The van der Waals surface area contributed by atoms with Crippen molar-refractivity contribution in [3.63, 3.8) is 0 Å². The maximum Gasteiger partial charge on any atom is 0.205 e. The van der Waals surface area contributed by atoms with Crippen molar-refractivity contribution < 1.29 is 14.6 Å². The standard InChI is InChI=1S/C22H18N2O3/c1-2-26-19-11-14(7-9-17(19)25)20-16(12-23)22(24)27-18-10-8-13-5-3-4-6-15(13)21(18)20/h3-11,20,25H,2,24H2,1H3/t20-/m1/s1. The van der Waals surface area contributed by atoms with Crippen LogP contribution in [0.25, 0.3) is 10.8 Å². The van der Waals surface area contributed by atoms with Crippen molar-refractivity contribution in [2.75, 3.05) is 6.61 Å². The number of nitriles is 1. The molecule has 1 atom stereocenters. The van der Waals surface area contributed by atoms with Crippen molar-refractivity contribution in [3.8, 4) is 23.3 Å². The molecular formula is C22H18N2O3. The highest BCUT2D eigenvalue weighted by Gasteiger charge is 2.32. The topological polar surface area (TPSA) is 88.5 Å². The molecule has 1 heterocycles. The summed E-state index contributed by atoms with van der Waals surface area (Å²) in [4.78, 5) is 0. The molecule has 1 aliphatic heterocycles. The van der Waals surface area contributed by atoms with Crippen molar-refractivity contribution in [1.82, 2.24) is 0 Å². The fourth-order valence-corrected chi connectivity index (χ4v) is 3.56. The molecule has 4 rings (SSSR count). The largest absolute Gasteiger partial charge is 0.504 e. The Morgan fingerprint density at radius 3 is 2.78 bits per heavy atom. The summed E-state index contributed by atoms with van der Waals surface area (Å²) in [5, 5.41) is 21.9. The zero-order chi connectivity index (χ0) is 19.0. The molecule has 0 aromatic heterocycles. The second kappa shape index (κ2) is 6.58. The summed E-state index contributed by atoms with van der Waals surface area (Å²) in [6, 6.07) is 19.1. The Kier molecular flexibility index (Phi) is 4.09. The van der Waals surface area contributed by atoms with Crippen molar-refractivity contribution in [2.24, 2.45) is 5.73 Å². The number of nitrogens with zero attached hydrogens (tertiary/aromatic N) is 1. The number of ether oxygens (including phenoxy) is 2. The summed E-state index contributed by atoms with van der Waals surface area (Å²) in [6.45, 7) is 2.27. The van der Waals surface area contributed by atoms with Gasteiger partial charge in [0.15, 0.2) is 11.5 Å². The monoisotopic (exact) mass is 358 g/mol. The van der Waals surface area contributed by atoms with E-state index in [2.05, 4.69) is 6.07 Å². The first kappa shape index (κ1) is 16.8. The molecular weight excluding hydrogens is 340 g/mol. The van der Waals surface area contributed by atoms with Crippen molar-refractivity contribution in [1.29, 1.82) is 5.26 Å². The van der Waals surface area contributed by atoms with E-state index in [1.807, 2.05) is 43.3 Å². The second-order valence-corrected chi connectivity index (χ2v) is 6.28. The fourth-order valence-electron chi connectivity index (χ4n) is 3.56. The minimum atomic E-state index is -0.412. The van der Waals surface area contributed by atoms with E-state index >= 15 is 0 Å². The van der Waals surface area contributed by atoms with Crippen LogP contribution in [-0.2, 0) is 0 Å². The number of rotatable bonds is 3. The average molecular weight is 358 g/mol. The molecule has 0 bridgehead atoms. The number of aromatic hydroxyl groups is 1. The van der Waals surface area contributed by atoms with Crippen LogP contribution in [0.1, 0.15) is 24.0 Å². The van der Waals surface area contributed by atoms with E-state index in [0.717, 1.165) is 21.9 Å². The molecule has 5 heteroatoms. The molecule has 0 aliphatic carbocycles. The van der Waals surface area contributed by atoms with E-state index in [0.29, 0.717) is 23.7 Å². The number of hydrogen-bond acceptors (Lipinski definition) is 5. The summed E-state index contributed by atoms with van der Waals surface area (Å²) >= 11 is 0. The highest BCUT2D eigenvalue weighted by atomic mass is 16.5. The molecule has 3 aromatic carbocycles. The minimum absolute atomic E-state index is 0.0567. The molecule has 3 aromatic rings. The van der Waals surface area contributed by atoms with Gasteiger partial charge in [0.05, 0.1) is 12.5 Å². The number of fused-ring (bicyclic) bond motifs is 3. The van der Waals surface area contributed by atoms with Crippen molar-refractivity contribution in [3.05, 3.63) is 77.2 Å². The summed E-state index contributed by atoms with van der Waals surface area (Å²) in [5.41, 5.74) is 8.08. The maximum atomic E-state index is 10.1. The van der Waals surface area contributed by atoms with Crippen LogP contribution in [-0.4, -0.2) is 11.7 Å². The molecule has 3 N–H and O–H groups in total. The predicted molar refractivity (Wildman–Crippen MR) is 103 cm³/mol. The number of benzene rings is 3. The number of phenolic OH excluding ortho intramolecular Hbond substituents is 1. The smallest absolute Gasteiger partial charge is 0.205 e. The van der Waals surface area contributed by atoms with E-state index < -0.39 is 5.92 Å². The maximum absolute atomic E-state index is 10.1. The van der Waals surface area contributed by atoms with Crippen LogP contribution in [0.3, 0.4) is 0 Å². The average Bonchev–Trinajstić information content (AvgIpc) is 2.68. The van der Waals surface area contributed by atoms with E-state index in [4.69, 9.17) is 15.2 Å². The van der Waals surface area contributed by atoms with E-state index in [9.17, 15) is 10.4 Å². The van der Waals surface area contributed by atoms with Crippen LogP contribution in [0.5, 0.6) is 17.2 Å². The molecule has 1 aliphatic rings. The third-order valence-corrected chi connectivity index (χ3v) is 4.73. The lowest BCUT2D eigenvalue weighted by atomic mass is 9.81. The highest BCUT2D eigenvalue weighted by molar-refractivity contribution is 5.90. The third kappa shape index (κ3) is 2.72. The zero-order valence-electron chi connectivity index (χ0n) is 14.8. The molecule has 0 spiro atoms. The normalized spacial score (nSPS) is 15.8. The molecule has 0 radical (unpaired) electrons. The van der Waals surface area contributed by atoms with Crippen molar-refractivity contribution in [2.45, 2.75) is 12.8 Å². The van der Waals surface area contributed by atoms with Gasteiger partial charge in [0.25, 0.3) is 0 Å². The Morgan fingerprint density at radius 1 is 1.19 bits per heavy atom. The van der Waals surface area contributed by atoms with Gasteiger partial charge in [-0.15, -0.1) is 0 Å². The Hall–Kier alpha value is -3.65. The van der Waals surface area contributed by atoms with Crippen LogP contribution in [0.4, 0.5) is 0 Å². The van der Waals surface area contributed by atoms with E-state index in [1.165, 1.54) is 0 Å². The SMILES string of the molecule is CCOc1cc([C@@H]2C(C#N)=C(N)Oc3ccc4ccccc4c32)ccc1O. The number of phenols is 1. The number of allylic oxidation sites excluding steroid dienone is 1.